The number of carbonyl (C=O) groups excluding carboxylic acids is 1. The second-order valence-corrected chi connectivity index (χ2v) is 10.2. The van der Waals surface area contributed by atoms with Crippen molar-refractivity contribution in [1.82, 2.24) is 0 Å². The van der Waals surface area contributed by atoms with Crippen LogP contribution in [0.25, 0.3) is 0 Å². The highest BCUT2D eigenvalue weighted by Crippen LogP contribution is 2.37. The molecule has 0 aromatic heterocycles. The van der Waals surface area contributed by atoms with Crippen LogP contribution < -0.4 is 0 Å². The molecule has 1 aliphatic carbocycles. The van der Waals surface area contributed by atoms with E-state index in [1.807, 2.05) is 6.07 Å². The van der Waals surface area contributed by atoms with Crippen LogP contribution in [0.1, 0.15) is 77.4 Å². The third-order valence-corrected chi connectivity index (χ3v) is 7.89. The molecule has 1 aliphatic heterocycles. The topological polar surface area (TPSA) is 87.9 Å². The minimum Gasteiger partial charge on any atom is -0.454 e. The molecule has 0 saturated carbocycles. The molecule has 0 amide bonds. The van der Waals surface area contributed by atoms with E-state index < -0.39 is 28.6 Å². The Kier molecular flexibility index (Phi) is 7.77. The first kappa shape index (κ1) is 27.0. The fourth-order valence-electron chi connectivity index (χ4n) is 5.59. The number of hydrogen-bond acceptors (Lipinski definition) is 6. The van der Waals surface area contributed by atoms with Crippen molar-refractivity contribution in [2.75, 3.05) is 6.61 Å². The van der Waals surface area contributed by atoms with Gasteiger partial charge >= 0.3 is 5.97 Å². The lowest BCUT2D eigenvalue weighted by Gasteiger charge is -2.25. The lowest BCUT2D eigenvalue weighted by molar-refractivity contribution is -0.384. The molecule has 3 aromatic rings. The highest BCUT2D eigenvalue weighted by molar-refractivity contribution is 5.89. The minimum atomic E-state index is -0.709. The number of nitrogens with zero attached hydrogens (tertiary/aromatic N) is 1. The Balaban J connectivity index is 1.40. The molecule has 1 fully saturated rings. The number of rotatable bonds is 8. The number of non-ortho nitro benzene ring substituents is 1. The van der Waals surface area contributed by atoms with Gasteiger partial charge in [-0.3, -0.25) is 10.1 Å². The van der Waals surface area contributed by atoms with Crippen molar-refractivity contribution in [2.45, 2.75) is 70.4 Å². The third-order valence-electron chi connectivity index (χ3n) is 7.89. The van der Waals surface area contributed by atoms with E-state index in [0.29, 0.717) is 25.0 Å². The van der Waals surface area contributed by atoms with E-state index in [1.165, 1.54) is 36.4 Å². The van der Waals surface area contributed by atoms with Crippen LogP contribution in [0, 0.1) is 15.9 Å². The Labute approximate surface area is 227 Å². The van der Waals surface area contributed by atoms with E-state index in [2.05, 4.69) is 26.0 Å². The number of esters is 1. The molecule has 0 N–H and O–H groups in total. The number of benzene rings is 3. The zero-order valence-corrected chi connectivity index (χ0v) is 22.2. The quantitative estimate of drug-likeness (QED) is 0.183. The predicted molar refractivity (Wildman–Crippen MR) is 143 cm³/mol. The lowest BCUT2D eigenvalue weighted by Crippen LogP contribution is -2.29. The first-order valence-corrected chi connectivity index (χ1v) is 13.5. The van der Waals surface area contributed by atoms with Crippen LogP contribution in [0.5, 0.6) is 0 Å². The highest BCUT2D eigenvalue weighted by Gasteiger charge is 2.38. The van der Waals surface area contributed by atoms with Gasteiger partial charge in [0.15, 0.2) is 5.79 Å². The Hall–Kier alpha value is -3.62. The first-order chi connectivity index (χ1) is 18.8. The van der Waals surface area contributed by atoms with E-state index >= 15 is 0 Å². The standard InChI is InChI=1S/C31H32FNO6/c1-3-31(4-2)37-19-26(39-31)15-11-20-6-5-7-22-16-23-8-12-24(32)17-28(23)29(18-27(20)22)38-30(34)21-9-13-25(14-10-21)33(35)36/h5-10,12-14,17,26,29H,3-4,11,15-16,18-19H2,1-2H3/t26-,29?/m0/s1. The maximum absolute atomic E-state index is 14.4. The van der Waals surface area contributed by atoms with Crippen molar-refractivity contribution in [3.8, 4) is 0 Å². The first-order valence-electron chi connectivity index (χ1n) is 13.5. The van der Waals surface area contributed by atoms with E-state index in [0.717, 1.165) is 47.9 Å². The number of ether oxygens (including phenoxy) is 3. The monoisotopic (exact) mass is 533 g/mol. The van der Waals surface area contributed by atoms with Gasteiger partial charge in [-0.25, -0.2) is 9.18 Å². The van der Waals surface area contributed by atoms with Crippen molar-refractivity contribution >= 4 is 11.7 Å². The van der Waals surface area contributed by atoms with Crippen LogP contribution >= 0.6 is 0 Å². The molecule has 7 nitrogen and oxygen atoms in total. The summed E-state index contributed by atoms with van der Waals surface area (Å²) >= 11 is 0. The van der Waals surface area contributed by atoms with E-state index in [-0.39, 0.29) is 17.4 Å². The molecule has 204 valence electrons. The molecule has 0 bridgehead atoms. The van der Waals surface area contributed by atoms with E-state index in [4.69, 9.17) is 14.2 Å². The summed E-state index contributed by atoms with van der Waals surface area (Å²) in [6.45, 7) is 4.71. The molecule has 3 aromatic carbocycles. The zero-order valence-electron chi connectivity index (χ0n) is 22.2. The summed E-state index contributed by atoms with van der Waals surface area (Å²) in [7, 11) is 0. The second kappa shape index (κ2) is 11.2. The Morgan fingerprint density at radius 1 is 1.10 bits per heavy atom. The van der Waals surface area contributed by atoms with E-state index in [1.54, 1.807) is 6.07 Å². The van der Waals surface area contributed by atoms with Gasteiger partial charge in [0.25, 0.3) is 5.69 Å². The maximum Gasteiger partial charge on any atom is 0.338 e. The molecule has 1 unspecified atom stereocenters. The van der Waals surface area contributed by atoms with Crippen LogP contribution in [-0.2, 0) is 33.5 Å². The van der Waals surface area contributed by atoms with Crippen LogP contribution in [0.4, 0.5) is 10.1 Å². The number of carbonyl (C=O) groups is 1. The average Bonchev–Trinajstić information content (AvgIpc) is 3.30. The number of nitro groups is 1. The number of halogens is 1. The van der Waals surface area contributed by atoms with Crippen molar-refractivity contribution in [1.29, 1.82) is 0 Å². The minimum absolute atomic E-state index is 0.00795. The molecule has 1 heterocycles. The lowest BCUT2D eigenvalue weighted by atomic mass is 9.92. The summed E-state index contributed by atoms with van der Waals surface area (Å²) in [5.74, 6) is -1.51. The SMILES string of the molecule is CCC1(CC)OC[C@H](CCc2cccc3c2CC(OC(=O)c2ccc([N+](=O)[O-])cc2)c2cc(F)ccc2C3)O1. The van der Waals surface area contributed by atoms with Crippen molar-refractivity contribution in [3.05, 3.63) is 110 Å². The van der Waals surface area contributed by atoms with Crippen LogP contribution in [0.2, 0.25) is 0 Å². The van der Waals surface area contributed by atoms with Crippen molar-refractivity contribution in [2.24, 2.45) is 0 Å². The summed E-state index contributed by atoms with van der Waals surface area (Å²) in [4.78, 5) is 23.6. The van der Waals surface area contributed by atoms with Gasteiger partial charge in [0, 0.05) is 18.6 Å². The van der Waals surface area contributed by atoms with Crippen molar-refractivity contribution < 1.29 is 28.3 Å². The molecule has 39 heavy (non-hydrogen) atoms. The summed E-state index contributed by atoms with van der Waals surface area (Å²) in [5.41, 5.74) is 4.98. The van der Waals surface area contributed by atoms with Gasteiger partial charge in [-0.15, -0.1) is 0 Å². The summed E-state index contributed by atoms with van der Waals surface area (Å²) in [5, 5.41) is 11.0. The number of hydrogen-bond donors (Lipinski definition) is 0. The summed E-state index contributed by atoms with van der Waals surface area (Å²) in [6.07, 6.45) is 3.47. The van der Waals surface area contributed by atoms with Crippen LogP contribution in [0.3, 0.4) is 0 Å². The normalized spacial score (nSPS) is 19.6. The van der Waals surface area contributed by atoms with Gasteiger partial charge in [-0.2, -0.15) is 0 Å². The number of aryl methyl sites for hydroxylation is 1. The average molecular weight is 534 g/mol. The molecule has 5 rings (SSSR count). The van der Waals surface area contributed by atoms with Crippen LogP contribution in [0.15, 0.2) is 60.7 Å². The zero-order chi connectivity index (χ0) is 27.6. The largest absolute Gasteiger partial charge is 0.454 e. The Morgan fingerprint density at radius 2 is 1.87 bits per heavy atom. The molecule has 2 aliphatic rings. The Morgan fingerprint density at radius 3 is 2.56 bits per heavy atom. The predicted octanol–water partition coefficient (Wildman–Crippen LogP) is 6.64. The van der Waals surface area contributed by atoms with Gasteiger partial charge in [-0.1, -0.05) is 38.1 Å². The molecule has 0 spiro atoms. The molecule has 1 saturated heterocycles. The summed E-state index contributed by atoms with van der Waals surface area (Å²) < 4.78 is 32.6. The van der Waals surface area contributed by atoms with Gasteiger partial charge in [0.2, 0.25) is 0 Å². The summed E-state index contributed by atoms with van der Waals surface area (Å²) in [6, 6.07) is 16.1. The second-order valence-electron chi connectivity index (χ2n) is 10.2. The van der Waals surface area contributed by atoms with E-state index in [9.17, 15) is 19.3 Å². The fraction of sp³-hybridized carbons (Fsp3) is 0.387. The van der Waals surface area contributed by atoms with Crippen LogP contribution in [-0.4, -0.2) is 29.4 Å². The molecule has 8 heteroatoms. The molecular formula is C31H32FNO6. The maximum atomic E-state index is 14.4. The highest BCUT2D eigenvalue weighted by atomic mass is 19.1. The molecule has 2 atom stereocenters. The fourth-order valence-corrected chi connectivity index (χ4v) is 5.59. The molecule has 0 radical (unpaired) electrons. The number of nitro benzene ring substituents is 1. The number of fused-ring (bicyclic) bond motifs is 2. The van der Waals surface area contributed by atoms with Crippen molar-refractivity contribution in [3.63, 3.8) is 0 Å². The Bertz CT molecular complexity index is 1370. The van der Waals surface area contributed by atoms with Gasteiger partial charge in [0.1, 0.15) is 11.9 Å². The van der Waals surface area contributed by atoms with Gasteiger partial charge in [0.05, 0.1) is 23.2 Å². The van der Waals surface area contributed by atoms with Gasteiger partial charge in [-0.05, 0) is 84.2 Å². The van der Waals surface area contributed by atoms with Gasteiger partial charge < -0.3 is 14.2 Å². The third kappa shape index (κ3) is 5.72. The molecular weight excluding hydrogens is 501 g/mol. The smallest absolute Gasteiger partial charge is 0.338 e.